The molecule has 18 heavy (non-hydrogen) atoms. The maximum Gasteiger partial charge on any atom is 0.360 e. The van der Waals surface area contributed by atoms with E-state index in [1.54, 1.807) is 0 Å². The molecule has 0 aliphatic carbocycles. The summed E-state index contributed by atoms with van der Waals surface area (Å²) < 4.78 is 0. The van der Waals surface area contributed by atoms with Gasteiger partial charge in [-0.1, -0.05) is 0 Å². The van der Waals surface area contributed by atoms with Gasteiger partial charge in [0.1, 0.15) is 5.56 Å². The van der Waals surface area contributed by atoms with Crippen molar-refractivity contribution in [3.63, 3.8) is 0 Å². The molecule has 0 bridgehead atoms. The molecule has 1 aromatic carbocycles. The van der Waals surface area contributed by atoms with Gasteiger partial charge in [0.15, 0.2) is 0 Å². The number of aromatic hydroxyl groups is 2. The molecule has 0 saturated carbocycles. The van der Waals surface area contributed by atoms with E-state index in [9.17, 15) is 35.2 Å². The summed E-state index contributed by atoms with van der Waals surface area (Å²) in [6.45, 7) is 0.949. The van der Waals surface area contributed by atoms with E-state index in [-0.39, 0.29) is 0 Å². The number of hydrogen-bond acceptors (Lipinski definition) is 7. The van der Waals surface area contributed by atoms with E-state index in [0.29, 0.717) is 0 Å². The molecule has 0 unspecified atom stereocenters. The summed E-state index contributed by atoms with van der Waals surface area (Å²) in [4.78, 5) is 29.6. The Bertz CT molecular complexity index is 477. The van der Waals surface area contributed by atoms with Gasteiger partial charge in [0, 0.05) is 5.56 Å². The number of phenols is 2. The van der Waals surface area contributed by atoms with Gasteiger partial charge in [0.05, 0.1) is 9.85 Å². The highest BCUT2D eigenvalue weighted by Gasteiger charge is 2.37. The lowest BCUT2D eigenvalue weighted by Gasteiger charge is -2.07. The second kappa shape index (κ2) is 4.16. The smallest absolute Gasteiger partial charge is 0.360 e. The molecule has 1 aromatic rings. The molecule has 10 heteroatoms. The summed E-state index contributed by atoms with van der Waals surface area (Å²) in [5.74, 6) is -4.49. The highest BCUT2D eigenvalue weighted by molar-refractivity contribution is 5.97. The van der Waals surface area contributed by atoms with Crippen molar-refractivity contribution in [2.75, 3.05) is 0 Å². The molecule has 0 aliphatic heterocycles. The lowest BCUT2D eigenvalue weighted by atomic mass is 10.0. The SMILES string of the molecule is Cc1c(C(=O)O)c(O)c([N+](=O)[O-])c(O)c1[N+](=O)[O-]. The Morgan fingerprint density at radius 3 is 1.83 bits per heavy atom. The van der Waals surface area contributed by atoms with E-state index in [2.05, 4.69) is 0 Å². The Morgan fingerprint density at radius 2 is 1.50 bits per heavy atom. The second-order valence-electron chi connectivity index (χ2n) is 3.21. The van der Waals surface area contributed by atoms with Crippen molar-refractivity contribution in [2.24, 2.45) is 0 Å². The first-order chi connectivity index (χ1) is 8.20. The molecule has 0 aliphatic rings. The molecular formula is C8H6N2O8. The van der Waals surface area contributed by atoms with E-state index in [0.717, 1.165) is 6.92 Å². The number of carboxylic acids is 1. The van der Waals surface area contributed by atoms with Gasteiger partial charge in [-0.25, -0.2) is 4.79 Å². The van der Waals surface area contributed by atoms with Crippen LogP contribution in [0.1, 0.15) is 15.9 Å². The van der Waals surface area contributed by atoms with Crippen LogP contribution in [0.5, 0.6) is 11.5 Å². The molecule has 0 amide bonds. The van der Waals surface area contributed by atoms with Crippen LogP contribution in [0, 0.1) is 27.2 Å². The molecule has 0 radical (unpaired) electrons. The third-order valence-corrected chi connectivity index (χ3v) is 2.22. The molecule has 3 N–H and O–H groups in total. The second-order valence-corrected chi connectivity index (χ2v) is 3.21. The molecule has 10 nitrogen and oxygen atoms in total. The summed E-state index contributed by atoms with van der Waals surface area (Å²) in [5, 5.41) is 48.7. The number of benzene rings is 1. The molecule has 0 saturated heterocycles. The monoisotopic (exact) mass is 258 g/mol. The molecule has 96 valence electrons. The van der Waals surface area contributed by atoms with Gasteiger partial charge < -0.3 is 15.3 Å². The Kier molecular flexibility index (Phi) is 3.04. The molecule has 0 heterocycles. The number of hydrogen-bond donors (Lipinski definition) is 3. The molecule has 0 atom stereocenters. The average Bonchev–Trinajstić information content (AvgIpc) is 2.14. The van der Waals surface area contributed by atoms with Crippen molar-refractivity contribution in [2.45, 2.75) is 6.92 Å². The quantitative estimate of drug-likeness (QED) is 0.531. The zero-order valence-corrected chi connectivity index (χ0v) is 8.78. The Labute approximate surface area is 98.0 Å². The van der Waals surface area contributed by atoms with E-state index in [1.165, 1.54) is 0 Å². The van der Waals surface area contributed by atoms with Gasteiger partial charge in [0.2, 0.25) is 5.75 Å². The van der Waals surface area contributed by atoms with Crippen LogP contribution in [0.3, 0.4) is 0 Å². The minimum Gasteiger partial charge on any atom is -0.501 e. The Hall–Kier alpha value is -2.91. The third kappa shape index (κ3) is 1.75. The Morgan fingerprint density at radius 1 is 1.06 bits per heavy atom. The van der Waals surface area contributed by atoms with Crippen LogP contribution < -0.4 is 0 Å². The first-order valence-electron chi connectivity index (χ1n) is 4.30. The number of phenolic OH excluding ortho intramolecular Hbond substituents is 1. The summed E-state index contributed by atoms with van der Waals surface area (Å²) in [6, 6.07) is 0. The lowest BCUT2D eigenvalue weighted by molar-refractivity contribution is -0.397. The van der Waals surface area contributed by atoms with Crippen molar-refractivity contribution in [3.8, 4) is 11.5 Å². The average molecular weight is 258 g/mol. The number of nitro groups is 2. The predicted molar refractivity (Wildman–Crippen MR) is 54.8 cm³/mol. The van der Waals surface area contributed by atoms with E-state index < -0.39 is 49.8 Å². The highest BCUT2D eigenvalue weighted by atomic mass is 16.6. The maximum atomic E-state index is 10.8. The van der Waals surface area contributed by atoms with Crippen molar-refractivity contribution >= 4 is 17.3 Å². The van der Waals surface area contributed by atoms with Crippen molar-refractivity contribution in [3.05, 3.63) is 31.4 Å². The minimum absolute atomic E-state index is 0.576. The highest BCUT2D eigenvalue weighted by Crippen LogP contribution is 2.47. The van der Waals surface area contributed by atoms with Crippen LogP contribution in [0.25, 0.3) is 0 Å². The minimum atomic E-state index is -1.78. The molecule has 0 fully saturated rings. The number of aromatic carboxylic acids is 1. The fraction of sp³-hybridized carbons (Fsp3) is 0.125. The van der Waals surface area contributed by atoms with Crippen LogP contribution >= 0.6 is 0 Å². The van der Waals surface area contributed by atoms with Crippen molar-refractivity contribution in [1.82, 2.24) is 0 Å². The molecule has 0 spiro atoms. The number of carboxylic acid groups (broad SMARTS) is 1. The fourth-order valence-electron chi connectivity index (χ4n) is 1.47. The van der Waals surface area contributed by atoms with Crippen molar-refractivity contribution in [1.29, 1.82) is 0 Å². The van der Waals surface area contributed by atoms with Gasteiger partial charge in [-0.05, 0) is 6.92 Å². The van der Waals surface area contributed by atoms with Gasteiger partial charge in [-0.2, -0.15) is 0 Å². The van der Waals surface area contributed by atoms with Gasteiger partial charge in [0.25, 0.3) is 5.75 Å². The van der Waals surface area contributed by atoms with Crippen LogP contribution in [0.15, 0.2) is 0 Å². The number of rotatable bonds is 3. The lowest BCUT2D eigenvalue weighted by Crippen LogP contribution is -2.06. The molecular weight excluding hydrogens is 252 g/mol. The third-order valence-electron chi connectivity index (χ3n) is 2.22. The topological polar surface area (TPSA) is 164 Å². The molecule has 0 aromatic heterocycles. The van der Waals surface area contributed by atoms with Crippen molar-refractivity contribution < 1.29 is 30.0 Å². The summed E-state index contributed by atoms with van der Waals surface area (Å²) >= 11 is 0. The fourth-order valence-corrected chi connectivity index (χ4v) is 1.47. The normalized spacial score (nSPS) is 10.1. The summed E-state index contributed by atoms with van der Waals surface area (Å²) in [6.07, 6.45) is 0. The number of nitrogens with zero attached hydrogens (tertiary/aromatic N) is 2. The number of nitro benzene ring substituents is 2. The van der Waals surface area contributed by atoms with E-state index in [1.807, 2.05) is 0 Å². The summed E-state index contributed by atoms with van der Waals surface area (Å²) in [7, 11) is 0. The van der Waals surface area contributed by atoms with Gasteiger partial charge >= 0.3 is 17.3 Å². The zero-order chi connectivity index (χ0) is 14.2. The van der Waals surface area contributed by atoms with Gasteiger partial charge in [-0.15, -0.1) is 0 Å². The predicted octanol–water partition coefficient (Wildman–Crippen LogP) is 0.921. The summed E-state index contributed by atoms with van der Waals surface area (Å²) in [5.41, 5.74) is -4.11. The largest absolute Gasteiger partial charge is 0.501 e. The first kappa shape index (κ1) is 13.2. The van der Waals surface area contributed by atoms with Crippen LogP contribution in [0.4, 0.5) is 11.4 Å². The molecule has 1 rings (SSSR count). The maximum absolute atomic E-state index is 10.8. The number of carbonyl (C=O) groups is 1. The standard InChI is InChI=1S/C8H6N2O8/c1-2-3(8(13)14)6(11)5(10(17)18)7(12)4(2)9(15)16/h11-12H,1H3,(H,13,14). The first-order valence-corrected chi connectivity index (χ1v) is 4.30. The zero-order valence-electron chi connectivity index (χ0n) is 8.78. The van der Waals surface area contributed by atoms with E-state index >= 15 is 0 Å². The van der Waals surface area contributed by atoms with E-state index in [4.69, 9.17) is 5.11 Å². The van der Waals surface area contributed by atoms with Gasteiger partial charge in [-0.3, -0.25) is 20.2 Å². The van der Waals surface area contributed by atoms with Crippen LogP contribution in [-0.4, -0.2) is 31.1 Å². The Balaban J connectivity index is 3.94. The van der Waals surface area contributed by atoms with Crippen LogP contribution in [-0.2, 0) is 0 Å². The van der Waals surface area contributed by atoms with Crippen LogP contribution in [0.2, 0.25) is 0 Å².